The number of fused-ring (bicyclic) bond motifs is 1. The highest BCUT2D eigenvalue weighted by molar-refractivity contribution is 7.10. The van der Waals surface area contributed by atoms with E-state index >= 15 is 0 Å². The number of carbonyl (C=O) groups excluding carboxylic acids is 1. The molecule has 0 fully saturated rings. The van der Waals surface area contributed by atoms with Crippen molar-refractivity contribution in [2.75, 3.05) is 43.5 Å². The van der Waals surface area contributed by atoms with Crippen molar-refractivity contribution >= 4 is 28.6 Å². The molecule has 1 aliphatic heterocycles. The molecule has 0 radical (unpaired) electrons. The monoisotopic (exact) mass is 422 g/mol. The third-order valence-electron chi connectivity index (χ3n) is 5.27. The summed E-state index contributed by atoms with van der Waals surface area (Å²) in [6.45, 7) is 2.21. The summed E-state index contributed by atoms with van der Waals surface area (Å²) in [6, 6.07) is 13.9. The Morgan fingerprint density at radius 2 is 2.13 bits per heavy atom. The predicted octanol–water partition coefficient (Wildman–Crippen LogP) is 3.97. The van der Waals surface area contributed by atoms with Crippen molar-refractivity contribution in [3.05, 3.63) is 70.7 Å². The van der Waals surface area contributed by atoms with Gasteiger partial charge in [-0.25, -0.2) is 0 Å². The van der Waals surface area contributed by atoms with Crippen molar-refractivity contribution in [2.24, 2.45) is 0 Å². The van der Waals surface area contributed by atoms with Gasteiger partial charge in [0.15, 0.2) is 0 Å². The number of pyridine rings is 1. The number of anilines is 2. The van der Waals surface area contributed by atoms with E-state index in [1.807, 2.05) is 55.4 Å². The Morgan fingerprint density at radius 1 is 1.23 bits per heavy atom. The number of amides is 1. The Kier molecular flexibility index (Phi) is 6.30. The third-order valence-corrected chi connectivity index (χ3v) is 6.23. The molecule has 6 nitrogen and oxygen atoms in total. The molecule has 1 N–H and O–H groups in total. The van der Waals surface area contributed by atoms with Crippen LogP contribution in [-0.2, 0) is 0 Å². The number of nitrogens with one attached hydrogen (secondary N) is 1. The van der Waals surface area contributed by atoms with Gasteiger partial charge in [0, 0.05) is 55.6 Å². The molecule has 1 atom stereocenters. The zero-order chi connectivity index (χ0) is 20.9. The summed E-state index contributed by atoms with van der Waals surface area (Å²) >= 11 is 1.70. The fraction of sp³-hybridized carbons (Fsp3) is 0.304. The molecule has 3 heterocycles. The lowest BCUT2D eigenvalue weighted by molar-refractivity contribution is 0.0990. The number of benzene rings is 1. The van der Waals surface area contributed by atoms with Crippen LogP contribution in [0.5, 0.6) is 5.75 Å². The first-order valence-corrected chi connectivity index (χ1v) is 11.0. The number of carbonyl (C=O) groups is 1. The lowest BCUT2D eigenvalue weighted by atomic mass is 10.2. The minimum Gasteiger partial charge on any atom is -0.485 e. The summed E-state index contributed by atoms with van der Waals surface area (Å²) in [5, 5.41) is 5.27. The second kappa shape index (κ2) is 9.28. The van der Waals surface area contributed by atoms with Gasteiger partial charge in [-0.2, -0.15) is 0 Å². The maximum Gasteiger partial charge on any atom is 0.262 e. The standard InChI is InChI=1S/C23H26N4O2S/c1-24-10-9-21(22-7-4-14-30-22)29-18-6-3-5-17(15-18)27-13-12-26(2)20-8-11-25-16-19(20)23(27)28/h3-8,11,14-16,21,24H,9-10,12-13H2,1-2H3/t21-/m1/s1. The van der Waals surface area contributed by atoms with Crippen LogP contribution in [0, 0.1) is 0 Å². The molecule has 0 saturated carbocycles. The van der Waals surface area contributed by atoms with Crippen molar-refractivity contribution in [3.8, 4) is 5.75 Å². The molecular weight excluding hydrogens is 396 g/mol. The molecule has 1 aliphatic rings. The molecule has 1 amide bonds. The average molecular weight is 423 g/mol. The van der Waals surface area contributed by atoms with Gasteiger partial charge in [0.05, 0.1) is 11.3 Å². The van der Waals surface area contributed by atoms with E-state index in [1.165, 1.54) is 4.88 Å². The van der Waals surface area contributed by atoms with E-state index in [0.29, 0.717) is 12.1 Å². The number of aromatic nitrogens is 1. The molecule has 1 aromatic carbocycles. The lowest BCUT2D eigenvalue weighted by Crippen LogP contribution is -2.33. The first-order chi connectivity index (χ1) is 14.7. The van der Waals surface area contributed by atoms with Gasteiger partial charge in [0.2, 0.25) is 0 Å². The summed E-state index contributed by atoms with van der Waals surface area (Å²) in [5.41, 5.74) is 2.37. The molecule has 0 spiro atoms. The summed E-state index contributed by atoms with van der Waals surface area (Å²) in [7, 11) is 3.95. The van der Waals surface area contributed by atoms with E-state index in [9.17, 15) is 4.79 Å². The quantitative estimate of drug-likeness (QED) is 0.624. The van der Waals surface area contributed by atoms with E-state index in [1.54, 1.807) is 23.7 Å². The van der Waals surface area contributed by atoms with Crippen molar-refractivity contribution in [2.45, 2.75) is 12.5 Å². The lowest BCUT2D eigenvalue weighted by Gasteiger charge is -2.23. The normalized spacial score (nSPS) is 14.9. The second-order valence-corrected chi connectivity index (χ2v) is 8.26. The van der Waals surface area contributed by atoms with Crippen LogP contribution in [-0.4, -0.2) is 44.6 Å². The van der Waals surface area contributed by atoms with Gasteiger partial charge in [-0.3, -0.25) is 9.78 Å². The second-order valence-electron chi connectivity index (χ2n) is 7.28. The molecule has 7 heteroatoms. The number of hydrogen-bond donors (Lipinski definition) is 1. The highest BCUT2D eigenvalue weighted by atomic mass is 32.1. The maximum absolute atomic E-state index is 13.3. The van der Waals surface area contributed by atoms with Crippen LogP contribution in [0.1, 0.15) is 27.8 Å². The van der Waals surface area contributed by atoms with E-state index in [0.717, 1.165) is 36.6 Å². The van der Waals surface area contributed by atoms with Gasteiger partial charge in [-0.1, -0.05) is 12.1 Å². The molecule has 156 valence electrons. The minimum absolute atomic E-state index is 0.0244. The van der Waals surface area contributed by atoms with Gasteiger partial charge in [0.25, 0.3) is 5.91 Å². The Hall–Kier alpha value is -2.90. The fourth-order valence-corrected chi connectivity index (χ4v) is 4.44. The topological polar surface area (TPSA) is 57.7 Å². The van der Waals surface area contributed by atoms with E-state index in [-0.39, 0.29) is 12.0 Å². The first-order valence-electron chi connectivity index (χ1n) is 10.1. The van der Waals surface area contributed by atoms with Crippen molar-refractivity contribution in [1.82, 2.24) is 10.3 Å². The smallest absolute Gasteiger partial charge is 0.262 e. The Balaban J connectivity index is 1.59. The SMILES string of the molecule is CNCC[C@@H](Oc1cccc(N2CCN(C)c3ccncc3C2=O)c1)c1cccs1. The summed E-state index contributed by atoms with van der Waals surface area (Å²) in [6.07, 6.45) is 4.22. The third kappa shape index (κ3) is 4.32. The predicted molar refractivity (Wildman–Crippen MR) is 122 cm³/mol. The molecule has 0 saturated heterocycles. The number of hydrogen-bond acceptors (Lipinski definition) is 6. The summed E-state index contributed by atoms with van der Waals surface area (Å²) in [4.78, 5) is 22.5. The number of nitrogens with zero attached hydrogens (tertiary/aromatic N) is 3. The minimum atomic E-state index is -0.0374. The van der Waals surface area contributed by atoms with Crippen molar-refractivity contribution in [3.63, 3.8) is 0 Å². The highest BCUT2D eigenvalue weighted by Gasteiger charge is 2.26. The zero-order valence-corrected chi connectivity index (χ0v) is 18.1. The van der Waals surface area contributed by atoms with E-state index in [2.05, 4.69) is 26.6 Å². The molecule has 0 unspecified atom stereocenters. The molecule has 3 aromatic rings. The Labute approximate surface area is 181 Å². The van der Waals surface area contributed by atoms with Crippen LogP contribution < -0.4 is 19.9 Å². The average Bonchev–Trinajstić information content (AvgIpc) is 3.27. The molecule has 2 aromatic heterocycles. The van der Waals surface area contributed by atoms with Crippen molar-refractivity contribution in [1.29, 1.82) is 0 Å². The van der Waals surface area contributed by atoms with Gasteiger partial charge in [-0.05, 0) is 43.2 Å². The van der Waals surface area contributed by atoms with E-state index < -0.39 is 0 Å². The molecule has 4 rings (SSSR count). The maximum atomic E-state index is 13.3. The largest absolute Gasteiger partial charge is 0.485 e. The van der Waals surface area contributed by atoms with Gasteiger partial charge >= 0.3 is 0 Å². The molecule has 0 bridgehead atoms. The van der Waals surface area contributed by atoms with Crippen LogP contribution in [0.3, 0.4) is 0 Å². The van der Waals surface area contributed by atoms with Crippen LogP contribution in [0.2, 0.25) is 0 Å². The summed E-state index contributed by atoms with van der Waals surface area (Å²) < 4.78 is 6.36. The van der Waals surface area contributed by atoms with Gasteiger partial charge in [0.1, 0.15) is 11.9 Å². The molecule has 0 aliphatic carbocycles. The van der Waals surface area contributed by atoms with Crippen molar-refractivity contribution < 1.29 is 9.53 Å². The number of ether oxygens (including phenoxy) is 1. The Bertz CT molecular complexity index is 992. The van der Waals surface area contributed by atoms with Crippen LogP contribution >= 0.6 is 11.3 Å². The number of likely N-dealkylation sites (N-methyl/N-ethyl adjacent to an activating group) is 1. The molecule has 30 heavy (non-hydrogen) atoms. The van der Waals surface area contributed by atoms with Crippen LogP contribution in [0.25, 0.3) is 0 Å². The number of thiophene rings is 1. The Morgan fingerprint density at radius 3 is 2.93 bits per heavy atom. The molecular formula is C23H26N4O2S. The van der Waals surface area contributed by atoms with Crippen LogP contribution in [0.4, 0.5) is 11.4 Å². The fourth-order valence-electron chi connectivity index (χ4n) is 3.65. The van der Waals surface area contributed by atoms with E-state index in [4.69, 9.17) is 4.74 Å². The highest BCUT2D eigenvalue weighted by Crippen LogP contribution is 2.32. The zero-order valence-electron chi connectivity index (χ0n) is 17.2. The summed E-state index contributed by atoms with van der Waals surface area (Å²) in [5.74, 6) is 0.725. The van der Waals surface area contributed by atoms with Gasteiger partial charge < -0.3 is 19.9 Å². The van der Waals surface area contributed by atoms with Crippen LogP contribution in [0.15, 0.2) is 60.2 Å². The van der Waals surface area contributed by atoms with Gasteiger partial charge in [-0.15, -0.1) is 11.3 Å². The first kappa shape index (κ1) is 20.4. The number of rotatable bonds is 7.